The van der Waals surface area contributed by atoms with Crippen LogP contribution in [-0.4, -0.2) is 76.1 Å². The first-order chi connectivity index (χ1) is 20.1. The van der Waals surface area contributed by atoms with Crippen molar-refractivity contribution in [2.45, 2.75) is 44.1 Å². The molecule has 3 fully saturated rings. The Morgan fingerprint density at radius 1 is 1.10 bits per heavy atom. The van der Waals surface area contributed by atoms with Gasteiger partial charge in [-0.3, -0.25) is 14.4 Å². The third-order valence-corrected chi connectivity index (χ3v) is 9.57. The number of fused-ring (bicyclic) bond motifs is 1. The topological polar surface area (TPSA) is 90.4 Å². The molecule has 2 aromatic carbocycles. The fourth-order valence-electron chi connectivity index (χ4n) is 7.39. The minimum absolute atomic E-state index is 0.0618. The van der Waals surface area contributed by atoms with Crippen molar-refractivity contribution in [2.24, 2.45) is 17.8 Å². The van der Waals surface area contributed by atoms with E-state index in [1.807, 2.05) is 44.2 Å². The molecule has 6 atom stereocenters. The number of ether oxygens (including phenoxy) is 1. The Kier molecular flexibility index (Phi) is 8.34. The van der Waals surface area contributed by atoms with Crippen LogP contribution in [-0.2, 0) is 25.7 Å². The molecule has 5 rings (SSSR count). The Balaban J connectivity index is 1.58. The van der Waals surface area contributed by atoms with Crippen molar-refractivity contribution >= 4 is 35.0 Å². The number of para-hydroxylation sites is 1. The fraction of sp³-hybridized carbons (Fsp3) is 0.424. The highest BCUT2D eigenvalue weighted by Crippen LogP contribution is 2.65. The van der Waals surface area contributed by atoms with Gasteiger partial charge in [-0.15, -0.1) is 13.2 Å². The number of likely N-dealkylation sites (tertiary alicyclic amines) is 1. The monoisotopic (exact) mass is 591 g/mol. The molecule has 0 aliphatic carbocycles. The van der Waals surface area contributed by atoms with Crippen molar-refractivity contribution in [3.05, 3.63) is 90.5 Å². The number of benzene rings is 2. The van der Waals surface area contributed by atoms with Gasteiger partial charge in [0.05, 0.1) is 34.8 Å². The molecule has 42 heavy (non-hydrogen) atoms. The van der Waals surface area contributed by atoms with Gasteiger partial charge in [0, 0.05) is 26.2 Å². The predicted molar refractivity (Wildman–Crippen MR) is 162 cm³/mol. The van der Waals surface area contributed by atoms with Crippen LogP contribution in [0.25, 0.3) is 0 Å². The second-order valence-corrected chi connectivity index (χ2v) is 12.0. The van der Waals surface area contributed by atoms with Crippen molar-refractivity contribution in [1.82, 2.24) is 9.80 Å². The zero-order valence-corrected chi connectivity index (χ0v) is 24.9. The number of anilines is 1. The van der Waals surface area contributed by atoms with Crippen molar-refractivity contribution < 1.29 is 24.2 Å². The number of carbonyl (C=O) groups is 3. The van der Waals surface area contributed by atoms with Crippen molar-refractivity contribution in [2.75, 3.05) is 31.1 Å². The molecular formula is C33H38ClN3O5. The zero-order valence-electron chi connectivity index (χ0n) is 24.1. The SMILES string of the molecule is C=CCN(Cc1ccccc1)C(=O)[C@@H]1[C@H]2C(=O)N(CCO)C(C(=O)N(CC=C)c3ccccc3Cl)C23CC(C)[C@@]1(C)O3. The molecule has 0 aromatic heterocycles. The molecule has 3 aliphatic heterocycles. The maximum absolute atomic E-state index is 14.6. The van der Waals surface area contributed by atoms with Gasteiger partial charge < -0.3 is 24.5 Å². The lowest BCUT2D eigenvalue weighted by Gasteiger charge is -2.39. The first kappa shape index (κ1) is 30.0. The minimum Gasteiger partial charge on any atom is -0.395 e. The predicted octanol–water partition coefficient (Wildman–Crippen LogP) is 4.08. The lowest BCUT2D eigenvalue weighted by molar-refractivity contribution is -0.152. The highest BCUT2D eigenvalue weighted by Gasteiger charge is 2.80. The van der Waals surface area contributed by atoms with E-state index in [1.165, 1.54) is 9.80 Å². The summed E-state index contributed by atoms with van der Waals surface area (Å²) in [6.45, 7) is 12.0. The standard InChI is InChI=1S/C33H38ClN3O5/c1-5-16-35(21-23-12-8-7-9-13-23)29(39)26-27-30(40)37(18-19-38)28(33(27)20-22(3)32(26,4)42-33)31(41)36(17-6-2)25-15-11-10-14-24(25)34/h5-15,22,26-28,38H,1-2,16-21H2,3-4H3/t22?,26-,27-,28?,32+,33?/m0/s1. The highest BCUT2D eigenvalue weighted by atomic mass is 35.5. The Bertz CT molecular complexity index is 1380. The van der Waals surface area contributed by atoms with E-state index in [2.05, 4.69) is 13.2 Å². The van der Waals surface area contributed by atoms with E-state index in [1.54, 1.807) is 41.3 Å². The van der Waals surface area contributed by atoms with E-state index in [0.717, 1.165) is 5.56 Å². The van der Waals surface area contributed by atoms with Crippen LogP contribution in [0, 0.1) is 17.8 Å². The number of rotatable bonds is 11. The number of carbonyl (C=O) groups excluding carboxylic acids is 3. The van der Waals surface area contributed by atoms with Crippen LogP contribution in [0.15, 0.2) is 79.9 Å². The first-order valence-electron chi connectivity index (χ1n) is 14.4. The van der Waals surface area contributed by atoms with Crippen molar-refractivity contribution in [3.63, 3.8) is 0 Å². The van der Waals surface area contributed by atoms with Crippen molar-refractivity contribution in [3.8, 4) is 0 Å². The summed E-state index contributed by atoms with van der Waals surface area (Å²) >= 11 is 6.52. The van der Waals surface area contributed by atoms with Crippen molar-refractivity contribution in [1.29, 1.82) is 0 Å². The quantitative estimate of drug-likeness (QED) is 0.398. The molecule has 9 heteroatoms. The molecule has 3 aliphatic rings. The largest absolute Gasteiger partial charge is 0.395 e. The number of aliphatic hydroxyl groups excluding tert-OH is 1. The van der Waals surface area contributed by atoms with E-state index in [-0.39, 0.29) is 43.3 Å². The molecule has 1 N–H and O–H groups in total. The highest BCUT2D eigenvalue weighted by molar-refractivity contribution is 6.34. The van der Waals surface area contributed by atoms with Gasteiger partial charge >= 0.3 is 0 Å². The summed E-state index contributed by atoms with van der Waals surface area (Å²) in [6, 6.07) is 15.6. The Hall–Kier alpha value is -3.46. The second kappa shape index (κ2) is 11.7. The van der Waals surface area contributed by atoms with E-state index in [4.69, 9.17) is 16.3 Å². The smallest absolute Gasteiger partial charge is 0.253 e. The third kappa shape index (κ3) is 4.66. The minimum atomic E-state index is -1.24. The molecule has 2 aromatic rings. The van der Waals surface area contributed by atoms with Gasteiger partial charge in [-0.1, -0.05) is 73.1 Å². The number of aliphatic hydroxyl groups is 1. The number of hydrogen-bond donors (Lipinski definition) is 1. The van der Waals surface area contributed by atoms with Crippen LogP contribution in [0.5, 0.6) is 0 Å². The number of hydrogen-bond acceptors (Lipinski definition) is 5. The lowest BCUT2D eigenvalue weighted by Crippen LogP contribution is -2.57. The Labute approximate surface area is 252 Å². The van der Waals surface area contributed by atoms with Gasteiger partial charge in [-0.05, 0) is 37.0 Å². The molecule has 222 valence electrons. The summed E-state index contributed by atoms with van der Waals surface area (Å²) in [5.74, 6) is -2.76. The average Bonchev–Trinajstić information content (AvgIpc) is 3.48. The second-order valence-electron chi connectivity index (χ2n) is 11.6. The Morgan fingerprint density at radius 2 is 1.76 bits per heavy atom. The third-order valence-electron chi connectivity index (χ3n) is 9.25. The zero-order chi connectivity index (χ0) is 30.2. The van der Waals surface area contributed by atoms with Gasteiger partial charge in [0.1, 0.15) is 11.6 Å². The summed E-state index contributed by atoms with van der Waals surface area (Å²) in [6.07, 6.45) is 3.70. The summed E-state index contributed by atoms with van der Waals surface area (Å²) in [7, 11) is 0. The average molecular weight is 592 g/mol. The van der Waals surface area contributed by atoms with Crippen LogP contribution < -0.4 is 4.90 Å². The number of β-amino-alcohol motifs (C(OH)–C–C–N with tert-alkyl or cyclic N) is 1. The summed E-state index contributed by atoms with van der Waals surface area (Å²) in [4.78, 5) is 47.9. The molecule has 3 unspecified atom stereocenters. The molecule has 3 heterocycles. The fourth-order valence-corrected chi connectivity index (χ4v) is 7.62. The molecular weight excluding hydrogens is 554 g/mol. The van der Waals surface area contributed by atoms with Crippen LogP contribution >= 0.6 is 11.6 Å². The molecule has 0 saturated carbocycles. The van der Waals surface area contributed by atoms with E-state index in [0.29, 0.717) is 30.2 Å². The summed E-state index contributed by atoms with van der Waals surface area (Å²) < 4.78 is 6.85. The molecule has 0 radical (unpaired) electrons. The Morgan fingerprint density at radius 3 is 2.40 bits per heavy atom. The number of amides is 3. The van der Waals surface area contributed by atoms with Gasteiger partial charge in [0.15, 0.2) is 0 Å². The van der Waals surface area contributed by atoms with E-state index < -0.39 is 29.1 Å². The van der Waals surface area contributed by atoms with E-state index in [9.17, 15) is 19.5 Å². The normalized spacial score (nSPS) is 29.3. The van der Waals surface area contributed by atoms with Gasteiger partial charge in [0.2, 0.25) is 11.8 Å². The maximum atomic E-state index is 14.6. The van der Waals surface area contributed by atoms with Crippen LogP contribution in [0.3, 0.4) is 0 Å². The van der Waals surface area contributed by atoms with Gasteiger partial charge in [-0.25, -0.2) is 0 Å². The number of halogens is 1. The molecule has 3 saturated heterocycles. The molecule has 8 nitrogen and oxygen atoms in total. The van der Waals surface area contributed by atoms with Crippen LogP contribution in [0.1, 0.15) is 25.8 Å². The van der Waals surface area contributed by atoms with Crippen LogP contribution in [0.4, 0.5) is 5.69 Å². The van der Waals surface area contributed by atoms with Gasteiger partial charge in [-0.2, -0.15) is 0 Å². The lowest BCUT2D eigenvalue weighted by atomic mass is 9.62. The summed E-state index contributed by atoms with van der Waals surface area (Å²) in [5, 5.41) is 10.4. The molecule has 1 spiro atoms. The maximum Gasteiger partial charge on any atom is 0.253 e. The molecule has 2 bridgehead atoms. The van der Waals surface area contributed by atoms with Crippen LogP contribution in [0.2, 0.25) is 5.02 Å². The number of nitrogens with zero attached hydrogens (tertiary/aromatic N) is 3. The molecule has 3 amide bonds. The van der Waals surface area contributed by atoms with Gasteiger partial charge in [0.25, 0.3) is 5.91 Å². The first-order valence-corrected chi connectivity index (χ1v) is 14.7. The summed E-state index contributed by atoms with van der Waals surface area (Å²) in [5.41, 5.74) is -0.771. The van der Waals surface area contributed by atoms with E-state index >= 15 is 0 Å².